The number of aromatic nitrogens is 2. The zero-order valence-corrected chi connectivity index (χ0v) is 16.3. The molecule has 2 aliphatic rings. The van der Waals surface area contributed by atoms with Gasteiger partial charge in [-0.05, 0) is 72.0 Å². The van der Waals surface area contributed by atoms with Gasteiger partial charge in [-0.2, -0.15) is 0 Å². The van der Waals surface area contributed by atoms with Crippen LogP contribution >= 0.6 is 0 Å². The van der Waals surface area contributed by atoms with E-state index < -0.39 is 0 Å². The van der Waals surface area contributed by atoms with Crippen LogP contribution in [0.3, 0.4) is 0 Å². The average Bonchev–Trinajstić information content (AvgIpc) is 2.83. The van der Waals surface area contributed by atoms with Crippen LogP contribution in [-0.4, -0.2) is 9.97 Å². The summed E-state index contributed by atoms with van der Waals surface area (Å²) in [5, 5.41) is 2.46. The molecule has 0 N–H and O–H groups in total. The van der Waals surface area contributed by atoms with E-state index in [0.29, 0.717) is 0 Å². The summed E-state index contributed by atoms with van der Waals surface area (Å²) in [5.74, 6) is 1.44. The molecule has 2 bridgehead atoms. The molecule has 0 saturated heterocycles. The summed E-state index contributed by atoms with van der Waals surface area (Å²) in [6.45, 7) is 2.17. The first-order valence-electron chi connectivity index (χ1n) is 8.91. The molecule has 125 valence electrons. The molecular formula is C21H21IrN2-. The molecule has 5 rings (SSSR count). The third-order valence-electron chi connectivity index (χ3n) is 5.96. The first-order chi connectivity index (χ1) is 11.3. The summed E-state index contributed by atoms with van der Waals surface area (Å²) in [6, 6.07) is 7.64. The van der Waals surface area contributed by atoms with Gasteiger partial charge in [-0.3, -0.25) is 0 Å². The van der Waals surface area contributed by atoms with E-state index in [4.69, 9.17) is 4.98 Å². The van der Waals surface area contributed by atoms with Crippen LogP contribution in [0.4, 0.5) is 0 Å². The molecule has 1 radical (unpaired) electrons. The summed E-state index contributed by atoms with van der Waals surface area (Å²) < 4.78 is 0. The van der Waals surface area contributed by atoms with Crippen LogP contribution in [-0.2, 0) is 20.1 Å². The number of pyridine rings is 2. The van der Waals surface area contributed by atoms with Gasteiger partial charge in [0.2, 0.25) is 0 Å². The van der Waals surface area contributed by atoms with E-state index in [0.717, 1.165) is 28.3 Å². The van der Waals surface area contributed by atoms with Crippen LogP contribution in [0.5, 0.6) is 0 Å². The molecule has 0 atom stereocenters. The van der Waals surface area contributed by atoms with E-state index in [1.165, 1.54) is 49.5 Å². The number of benzene rings is 1. The molecule has 0 spiro atoms. The van der Waals surface area contributed by atoms with Crippen molar-refractivity contribution >= 4 is 21.8 Å². The molecule has 24 heavy (non-hydrogen) atoms. The molecule has 0 fully saturated rings. The first-order valence-corrected chi connectivity index (χ1v) is 8.91. The number of hydrogen-bond donors (Lipinski definition) is 0. The van der Waals surface area contributed by atoms with Crippen LogP contribution in [0, 0.1) is 13.0 Å². The summed E-state index contributed by atoms with van der Waals surface area (Å²) in [5.41, 5.74) is 6.55. The Balaban J connectivity index is 0.00000146. The minimum atomic E-state index is 0. The number of nitrogens with zero attached hydrogens (tertiary/aromatic N) is 2. The van der Waals surface area contributed by atoms with Crippen LogP contribution < -0.4 is 0 Å². The predicted molar refractivity (Wildman–Crippen MR) is 93.8 cm³/mol. The quantitative estimate of drug-likeness (QED) is 0.309. The van der Waals surface area contributed by atoms with Crippen molar-refractivity contribution < 1.29 is 20.1 Å². The second-order valence-corrected chi connectivity index (χ2v) is 7.29. The van der Waals surface area contributed by atoms with Crippen molar-refractivity contribution in [3.8, 4) is 0 Å². The smallest absolute Gasteiger partial charge is 0.0199 e. The maximum Gasteiger partial charge on any atom is 0.0199 e. The Labute approximate surface area is 156 Å². The van der Waals surface area contributed by atoms with Gasteiger partial charge in [0.15, 0.2) is 0 Å². The molecule has 2 nitrogen and oxygen atoms in total. The average molecular weight is 494 g/mol. The summed E-state index contributed by atoms with van der Waals surface area (Å²) >= 11 is 0. The van der Waals surface area contributed by atoms with Crippen molar-refractivity contribution in [1.82, 2.24) is 9.97 Å². The summed E-state index contributed by atoms with van der Waals surface area (Å²) in [7, 11) is 0. The number of hydrogen-bond acceptors (Lipinski definition) is 2. The molecule has 0 saturated carbocycles. The Kier molecular flexibility index (Phi) is 4.18. The van der Waals surface area contributed by atoms with Crippen molar-refractivity contribution in [2.45, 2.75) is 57.3 Å². The Hall–Kier alpha value is -1.31. The molecule has 0 aliphatic heterocycles. The maximum absolute atomic E-state index is 4.89. The SMILES string of the molecule is Cc1cc2c3c(cnc2c2[c-]ccnc12)C1CCCC3CCC1.[Ir]. The van der Waals surface area contributed by atoms with Crippen LogP contribution in [0.25, 0.3) is 21.8 Å². The number of fused-ring (bicyclic) bond motifs is 3. The van der Waals surface area contributed by atoms with Crippen LogP contribution in [0.2, 0.25) is 0 Å². The van der Waals surface area contributed by atoms with Gasteiger partial charge in [0.05, 0.1) is 0 Å². The van der Waals surface area contributed by atoms with Gasteiger partial charge in [-0.15, -0.1) is 12.1 Å². The Morgan fingerprint density at radius 3 is 2.54 bits per heavy atom. The Bertz CT molecular complexity index is 908. The van der Waals surface area contributed by atoms with E-state index in [2.05, 4.69) is 30.2 Å². The summed E-state index contributed by atoms with van der Waals surface area (Å²) in [6.07, 6.45) is 12.1. The Morgan fingerprint density at radius 1 is 1.00 bits per heavy atom. The normalized spacial score (nSPS) is 22.7. The first kappa shape index (κ1) is 16.2. The molecule has 0 unspecified atom stereocenters. The monoisotopic (exact) mass is 494 g/mol. The number of aryl methyl sites for hydroxylation is 1. The standard InChI is InChI=1S/C21H21N2.Ir/c1-13-11-17-19-15-7-2-5-14(6-3-8-15)18(19)12-23-21(17)16-9-4-10-22-20(13)16;/h4,10-12,14-15H,2-3,5-8H2,1H3;/q-1;. The fraction of sp³-hybridized carbons (Fsp3) is 0.429. The molecule has 2 aromatic heterocycles. The second-order valence-electron chi connectivity index (χ2n) is 7.29. The fourth-order valence-corrected chi connectivity index (χ4v) is 4.92. The Morgan fingerprint density at radius 2 is 1.75 bits per heavy atom. The minimum Gasteiger partial charge on any atom is -0.352 e. The zero-order valence-electron chi connectivity index (χ0n) is 13.9. The zero-order chi connectivity index (χ0) is 15.4. The van der Waals surface area contributed by atoms with Gasteiger partial charge in [-0.25, -0.2) is 0 Å². The molecular weight excluding hydrogens is 472 g/mol. The van der Waals surface area contributed by atoms with Crippen molar-refractivity contribution in [2.24, 2.45) is 0 Å². The van der Waals surface area contributed by atoms with Gasteiger partial charge in [0.1, 0.15) is 0 Å². The van der Waals surface area contributed by atoms with E-state index in [-0.39, 0.29) is 20.1 Å². The molecule has 2 heterocycles. The third-order valence-corrected chi connectivity index (χ3v) is 5.96. The van der Waals surface area contributed by atoms with Crippen molar-refractivity contribution in [3.05, 3.63) is 47.3 Å². The van der Waals surface area contributed by atoms with Gasteiger partial charge < -0.3 is 9.97 Å². The van der Waals surface area contributed by atoms with Gasteiger partial charge in [-0.1, -0.05) is 36.1 Å². The van der Waals surface area contributed by atoms with Crippen LogP contribution in [0.15, 0.2) is 24.5 Å². The maximum atomic E-state index is 4.89. The second kappa shape index (κ2) is 6.20. The van der Waals surface area contributed by atoms with Gasteiger partial charge in [0, 0.05) is 26.3 Å². The molecule has 3 heteroatoms. The molecule has 2 aliphatic carbocycles. The van der Waals surface area contributed by atoms with Crippen LogP contribution in [0.1, 0.15) is 67.1 Å². The third kappa shape index (κ3) is 2.33. The van der Waals surface area contributed by atoms with E-state index in [1.54, 1.807) is 11.1 Å². The summed E-state index contributed by atoms with van der Waals surface area (Å²) in [4.78, 5) is 9.45. The number of rotatable bonds is 0. The predicted octanol–water partition coefficient (Wildman–Crippen LogP) is 5.42. The topological polar surface area (TPSA) is 25.8 Å². The van der Waals surface area contributed by atoms with E-state index in [1.807, 2.05) is 12.3 Å². The van der Waals surface area contributed by atoms with Gasteiger partial charge in [0.25, 0.3) is 0 Å². The minimum absolute atomic E-state index is 0. The van der Waals surface area contributed by atoms with Gasteiger partial charge >= 0.3 is 0 Å². The fourth-order valence-electron chi connectivity index (χ4n) is 4.92. The van der Waals surface area contributed by atoms with E-state index >= 15 is 0 Å². The van der Waals surface area contributed by atoms with E-state index in [9.17, 15) is 0 Å². The molecule has 0 amide bonds. The van der Waals surface area contributed by atoms with Crippen molar-refractivity contribution in [1.29, 1.82) is 0 Å². The molecule has 3 aromatic rings. The molecule has 1 aromatic carbocycles. The largest absolute Gasteiger partial charge is 0.352 e. The van der Waals surface area contributed by atoms with Crippen molar-refractivity contribution in [3.63, 3.8) is 0 Å². The van der Waals surface area contributed by atoms with Crippen molar-refractivity contribution in [2.75, 3.05) is 0 Å².